The van der Waals surface area contributed by atoms with Gasteiger partial charge >= 0.3 is 0 Å². The number of pyridine rings is 2. The molecule has 2 aromatic heterocycles. The fraction of sp³-hybridized carbons (Fsp3) is 0. The molecule has 0 fully saturated rings. The van der Waals surface area contributed by atoms with E-state index in [9.17, 15) is 0 Å². The van der Waals surface area contributed by atoms with Crippen LogP contribution in [-0.4, -0.2) is 9.97 Å². The number of nitrogens with zero attached hydrogens (tertiary/aromatic N) is 4. The Balaban J connectivity index is 1.56. The Bertz CT molecular complexity index is 1640. The predicted octanol–water partition coefficient (Wildman–Crippen LogP) is 6.20. The molecule has 3 aromatic carbocycles. The van der Waals surface area contributed by atoms with Crippen LogP contribution >= 0.6 is 23.2 Å². The van der Waals surface area contributed by atoms with Gasteiger partial charge in [0.25, 0.3) is 0 Å². The predicted molar refractivity (Wildman–Crippen MR) is 122 cm³/mol. The van der Waals surface area contributed by atoms with E-state index in [0.717, 1.165) is 21.8 Å². The summed E-state index contributed by atoms with van der Waals surface area (Å²) in [5.74, 6) is 1.84. The van der Waals surface area contributed by atoms with Crippen LogP contribution in [0, 0.1) is 0 Å². The van der Waals surface area contributed by atoms with Crippen molar-refractivity contribution in [3.8, 4) is 23.0 Å². The second kappa shape index (κ2) is 6.38. The molecule has 8 heteroatoms. The highest BCUT2D eigenvalue weighted by atomic mass is 35.5. The number of aromatic nitrogens is 2. The molecule has 4 heterocycles. The van der Waals surface area contributed by atoms with Crippen LogP contribution in [0.4, 0.5) is 11.4 Å². The Morgan fingerprint density at radius 3 is 1.53 bits per heavy atom. The number of halogens is 2. The summed E-state index contributed by atoms with van der Waals surface area (Å²) >= 11 is 13.5. The van der Waals surface area contributed by atoms with Crippen LogP contribution in [0.15, 0.2) is 70.9 Å². The van der Waals surface area contributed by atoms with Gasteiger partial charge in [0.2, 0.25) is 0 Å². The van der Waals surface area contributed by atoms with Gasteiger partial charge in [0, 0.05) is 23.2 Å². The minimum Gasteiger partial charge on any atom is -0.451 e. The van der Waals surface area contributed by atoms with E-state index < -0.39 is 0 Å². The van der Waals surface area contributed by atoms with Crippen molar-refractivity contribution in [2.45, 2.75) is 0 Å². The molecule has 0 aliphatic carbocycles. The van der Waals surface area contributed by atoms with Gasteiger partial charge in [0.05, 0.1) is 11.0 Å². The highest BCUT2D eigenvalue weighted by Crippen LogP contribution is 2.45. The van der Waals surface area contributed by atoms with E-state index in [1.807, 2.05) is 48.5 Å². The molecule has 0 bridgehead atoms. The van der Waals surface area contributed by atoms with Crippen LogP contribution in [0.1, 0.15) is 0 Å². The van der Waals surface area contributed by atoms with Gasteiger partial charge in [0.1, 0.15) is 32.1 Å². The lowest BCUT2D eigenvalue weighted by Crippen LogP contribution is -2.22. The largest absolute Gasteiger partial charge is 0.451 e. The Morgan fingerprint density at radius 2 is 1.06 bits per heavy atom. The van der Waals surface area contributed by atoms with Crippen molar-refractivity contribution in [1.82, 2.24) is 9.97 Å². The zero-order chi connectivity index (χ0) is 21.4. The zero-order valence-electron chi connectivity index (χ0n) is 16.1. The second-order valence-electron chi connectivity index (χ2n) is 7.38. The van der Waals surface area contributed by atoms with Gasteiger partial charge in [-0.2, -0.15) is 0 Å². The van der Waals surface area contributed by atoms with Crippen molar-refractivity contribution in [3.05, 3.63) is 81.7 Å². The van der Waals surface area contributed by atoms with Crippen molar-refractivity contribution < 1.29 is 9.47 Å². The fourth-order valence-corrected chi connectivity index (χ4v) is 4.59. The van der Waals surface area contributed by atoms with Crippen LogP contribution < -0.4 is 20.2 Å². The van der Waals surface area contributed by atoms with E-state index in [0.29, 0.717) is 45.1 Å². The lowest BCUT2D eigenvalue weighted by atomic mass is 10.1. The van der Waals surface area contributed by atoms with Crippen LogP contribution in [0.25, 0.3) is 21.8 Å². The number of fused-ring (bicyclic) bond motifs is 8. The molecule has 2 aliphatic heterocycles. The minimum absolute atomic E-state index is 0.284. The third-order valence-corrected chi connectivity index (χ3v) is 6.26. The van der Waals surface area contributed by atoms with Crippen molar-refractivity contribution >= 4 is 56.4 Å². The maximum atomic E-state index is 6.77. The normalized spacial score (nSPS) is 13.1. The molecule has 0 N–H and O–H groups in total. The van der Waals surface area contributed by atoms with Gasteiger partial charge in [-0.15, -0.1) is 0 Å². The monoisotopic (exact) mass is 456 g/mol. The van der Waals surface area contributed by atoms with Gasteiger partial charge in [-0.25, -0.2) is 9.98 Å². The highest BCUT2D eigenvalue weighted by Gasteiger charge is 2.28. The summed E-state index contributed by atoms with van der Waals surface area (Å²) in [6.45, 7) is 0. The molecule has 0 saturated heterocycles. The van der Waals surface area contributed by atoms with Crippen LogP contribution in [0.5, 0.6) is 23.0 Å². The number of rotatable bonds is 0. The maximum absolute atomic E-state index is 6.77. The first-order chi connectivity index (χ1) is 15.7. The molecule has 2 aliphatic rings. The number of benzene rings is 3. The first-order valence-corrected chi connectivity index (χ1v) is 10.5. The zero-order valence-corrected chi connectivity index (χ0v) is 17.6. The summed E-state index contributed by atoms with van der Waals surface area (Å²) < 4.78 is 12.3. The van der Waals surface area contributed by atoms with E-state index in [-0.39, 0.29) is 10.0 Å². The van der Waals surface area contributed by atoms with E-state index in [1.54, 1.807) is 12.4 Å². The van der Waals surface area contributed by atoms with Crippen LogP contribution in [0.3, 0.4) is 0 Å². The molecule has 7 rings (SSSR count). The molecule has 0 spiro atoms. The first-order valence-electron chi connectivity index (χ1n) is 9.78. The third kappa shape index (κ3) is 2.36. The number of ether oxygens (including phenoxy) is 2. The van der Waals surface area contributed by atoms with Crippen LogP contribution in [-0.2, 0) is 0 Å². The fourth-order valence-electron chi connectivity index (χ4n) is 4.08. The molecule has 0 radical (unpaired) electrons. The Labute approximate surface area is 190 Å². The molecular formula is C24H10Cl2N4O2. The molecule has 32 heavy (non-hydrogen) atoms. The summed E-state index contributed by atoms with van der Waals surface area (Å²) in [5.41, 5.74) is 2.91. The molecule has 6 nitrogen and oxygen atoms in total. The van der Waals surface area contributed by atoms with Crippen LogP contribution in [0.2, 0.25) is 10.0 Å². The van der Waals surface area contributed by atoms with Gasteiger partial charge < -0.3 is 9.47 Å². The topological polar surface area (TPSA) is 69.0 Å². The average Bonchev–Trinajstić information content (AvgIpc) is 2.85. The lowest BCUT2D eigenvalue weighted by molar-refractivity contribution is 0.452. The Hall–Kier alpha value is -3.74. The number of hydrogen-bond donors (Lipinski definition) is 0. The van der Waals surface area contributed by atoms with Crippen molar-refractivity contribution in [3.63, 3.8) is 0 Å². The van der Waals surface area contributed by atoms with E-state index in [4.69, 9.17) is 42.7 Å². The molecular weight excluding hydrogens is 447 g/mol. The van der Waals surface area contributed by atoms with E-state index in [1.165, 1.54) is 0 Å². The second-order valence-corrected chi connectivity index (χ2v) is 8.13. The maximum Gasteiger partial charge on any atom is 0.175 e. The van der Waals surface area contributed by atoms with Gasteiger partial charge in [-0.3, -0.25) is 9.97 Å². The Morgan fingerprint density at radius 1 is 0.594 bits per heavy atom. The van der Waals surface area contributed by atoms with Crippen molar-refractivity contribution in [1.29, 1.82) is 0 Å². The smallest absolute Gasteiger partial charge is 0.175 e. The first kappa shape index (κ1) is 17.9. The summed E-state index contributed by atoms with van der Waals surface area (Å²) in [4.78, 5) is 18.4. The van der Waals surface area contributed by atoms with E-state index in [2.05, 4.69) is 9.97 Å². The van der Waals surface area contributed by atoms with Crippen molar-refractivity contribution in [2.75, 3.05) is 0 Å². The quantitative estimate of drug-likeness (QED) is 0.272. The molecule has 152 valence electrons. The summed E-state index contributed by atoms with van der Waals surface area (Å²) in [6.07, 6.45) is 3.47. The molecule has 0 unspecified atom stereocenters. The number of hydrogen-bond acceptors (Lipinski definition) is 6. The third-order valence-electron chi connectivity index (χ3n) is 5.56. The standard InChI is InChI=1S/C24H10Cl2N4O2/c25-17-21-23(31-15-7-5-13-11(19(15)29-21)3-1-9-27-13)18(26)22-24(17)32-16-8-6-14-12(20(16)30-22)4-2-10-28-14/h1-10H. The lowest BCUT2D eigenvalue weighted by Gasteiger charge is -2.21. The van der Waals surface area contributed by atoms with E-state index >= 15 is 0 Å². The molecule has 0 amide bonds. The molecule has 0 saturated carbocycles. The molecule has 0 atom stereocenters. The molecule has 5 aromatic rings. The minimum atomic E-state index is 0.284. The summed E-state index contributed by atoms with van der Waals surface area (Å²) in [7, 11) is 0. The van der Waals surface area contributed by atoms with Crippen molar-refractivity contribution in [2.24, 2.45) is 9.98 Å². The van der Waals surface area contributed by atoms with Gasteiger partial charge in [-0.1, -0.05) is 23.2 Å². The summed E-state index contributed by atoms with van der Waals surface area (Å²) in [6, 6.07) is 15.0. The van der Waals surface area contributed by atoms with Gasteiger partial charge in [0.15, 0.2) is 23.0 Å². The average molecular weight is 457 g/mol. The highest BCUT2D eigenvalue weighted by molar-refractivity contribution is 6.35. The SMILES string of the molecule is Clc1c2c(c(Cl)c3c1=Nc1c(ccc4ncccc14)O3)=Nc1c(ccc3ncccc13)O2. The van der Waals surface area contributed by atoms with Gasteiger partial charge in [-0.05, 0) is 48.5 Å². The summed E-state index contributed by atoms with van der Waals surface area (Å²) in [5, 5.41) is 3.09. The Kier molecular flexibility index (Phi) is 3.57.